The molecule has 0 aliphatic carbocycles. The summed E-state index contributed by atoms with van der Waals surface area (Å²) in [5.41, 5.74) is 1.88. The number of fused-ring (bicyclic) bond motifs is 1. The molecule has 5 nitrogen and oxygen atoms in total. The highest BCUT2D eigenvalue weighted by atomic mass is 16.5. The van der Waals surface area contributed by atoms with Gasteiger partial charge in [-0.2, -0.15) is 0 Å². The predicted molar refractivity (Wildman–Crippen MR) is 81.4 cm³/mol. The van der Waals surface area contributed by atoms with Crippen LogP contribution in [0.2, 0.25) is 0 Å². The van der Waals surface area contributed by atoms with Crippen LogP contribution in [0.25, 0.3) is 0 Å². The third-order valence-electron chi connectivity index (χ3n) is 3.70. The Morgan fingerprint density at radius 1 is 1.33 bits per heavy atom. The first-order valence-corrected chi connectivity index (χ1v) is 7.47. The number of hydrogen-bond donors (Lipinski definition) is 2. The van der Waals surface area contributed by atoms with Crippen LogP contribution >= 0.6 is 0 Å². The van der Waals surface area contributed by atoms with Crippen LogP contribution in [0.3, 0.4) is 0 Å². The first kappa shape index (κ1) is 15.4. The molecule has 0 saturated heterocycles. The maximum Gasteiger partial charge on any atom is 0.258 e. The van der Waals surface area contributed by atoms with Crippen LogP contribution in [0.5, 0.6) is 5.75 Å². The molecule has 0 unspecified atom stereocenters. The number of aryl methyl sites for hydroxylation is 1. The molecular formula is C16H22N2O3. The average molecular weight is 290 g/mol. The smallest absolute Gasteiger partial charge is 0.258 e. The molecule has 0 atom stereocenters. The molecule has 0 spiro atoms. The predicted octanol–water partition coefficient (Wildman–Crippen LogP) is 2.25. The van der Waals surface area contributed by atoms with Crippen molar-refractivity contribution in [2.24, 2.45) is 0 Å². The van der Waals surface area contributed by atoms with Crippen molar-refractivity contribution < 1.29 is 14.3 Å². The highest BCUT2D eigenvalue weighted by Gasteiger charge is 2.15. The zero-order valence-electron chi connectivity index (χ0n) is 12.6. The van der Waals surface area contributed by atoms with Crippen LogP contribution in [0, 0.1) is 0 Å². The molecule has 5 heteroatoms. The van der Waals surface area contributed by atoms with Gasteiger partial charge in [-0.1, -0.05) is 19.9 Å². The standard InChI is InChI=1S/C16H22N2O3/c1-3-12(4-2)17-16(20)10-21-13-7-5-11-6-8-15(19)18-14(11)9-13/h5,7,9,12H,3-4,6,8,10H2,1-2H3,(H,17,20)(H,18,19). The number of nitrogens with one attached hydrogen (secondary N) is 2. The highest BCUT2D eigenvalue weighted by Crippen LogP contribution is 2.26. The van der Waals surface area contributed by atoms with Gasteiger partial charge in [-0.3, -0.25) is 9.59 Å². The number of carbonyl (C=O) groups is 2. The fourth-order valence-electron chi connectivity index (χ4n) is 2.35. The summed E-state index contributed by atoms with van der Waals surface area (Å²) in [5, 5.41) is 5.74. The van der Waals surface area contributed by atoms with E-state index in [9.17, 15) is 9.59 Å². The fourth-order valence-corrected chi connectivity index (χ4v) is 2.35. The van der Waals surface area contributed by atoms with Gasteiger partial charge in [-0.15, -0.1) is 0 Å². The molecule has 1 aliphatic heterocycles. The van der Waals surface area contributed by atoms with E-state index in [4.69, 9.17) is 4.74 Å². The van der Waals surface area contributed by atoms with Crippen molar-refractivity contribution in [1.82, 2.24) is 5.32 Å². The number of benzene rings is 1. The maximum absolute atomic E-state index is 11.8. The second-order valence-corrected chi connectivity index (χ2v) is 5.24. The van der Waals surface area contributed by atoms with Gasteiger partial charge in [0.15, 0.2) is 6.61 Å². The van der Waals surface area contributed by atoms with E-state index >= 15 is 0 Å². The van der Waals surface area contributed by atoms with E-state index in [0.29, 0.717) is 12.2 Å². The van der Waals surface area contributed by atoms with Crippen molar-refractivity contribution in [1.29, 1.82) is 0 Å². The molecule has 1 aromatic carbocycles. The van der Waals surface area contributed by atoms with E-state index < -0.39 is 0 Å². The maximum atomic E-state index is 11.8. The number of carbonyl (C=O) groups excluding carboxylic acids is 2. The van der Waals surface area contributed by atoms with Crippen LogP contribution in [-0.4, -0.2) is 24.5 Å². The third-order valence-corrected chi connectivity index (χ3v) is 3.70. The van der Waals surface area contributed by atoms with E-state index in [1.807, 2.05) is 26.0 Å². The lowest BCUT2D eigenvalue weighted by atomic mass is 10.0. The third kappa shape index (κ3) is 4.21. The number of hydrogen-bond acceptors (Lipinski definition) is 3. The average Bonchev–Trinajstić information content (AvgIpc) is 2.50. The molecule has 0 saturated carbocycles. The number of anilines is 1. The van der Waals surface area contributed by atoms with Crippen LogP contribution in [-0.2, 0) is 16.0 Å². The Hall–Kier alpha value is -2.04. The number of amides is 2. The number of rotatable bonds is 6. The van der Waals surface area contributed by atoms with Crippen molar-refractivity contribution in [3.63, 3.8) is 0 Å². The van der Waals surface area contributed by atoms with Gasteiger partial charge in [0.05, 0.1) is 0 Å². The molecule has 1 aromatic rings. The summed E-state index contributed by atoms with van der Waals surface area (Å²) in [6, 6.07) is 5.74. The Kier molecular flexibility index (Phi) is 5.20. The van der Waals surface area contributed by atoms with Crippen molar-refractivity contribution in [2.45, 2.75) is 45.6 Å². The normalized spacial score (nSPS) is 13.6. The molecule has 1 aliphatic rings. The van der Waals surface area contributed by atoms with Crippen LogP contribution in [0.1, 0.15) is 38.7 Å². The van der Waals surface area contributed by atoms with Crippen LogP contribution in [0.15, 0.2) is 18.2 Å². The molecular weight excluding hydrogens is 268 g/mol. The minimum Gasteiger partial charge on any atom is -0.484 e. The molecule has 114 valence electrons. The van der Waals surface area contributed by atoms with Gasteiger partial charge < -0.3 is 15.4 Å². The summed E-state index contributed by atoms with van der Waals surface area (Å²) < 4.78 is 5.50. The minimum atomic E-state index is -0.120. The van der Waals surface area contributed by atoms with Gasteiger partial charge in [-0.25, -0.2) is 0 Å². The molecule has 2 amide bonds. The summed E-state index contributed by atoms with van der Waals surface area (Å²) in [6.07, 6.45) is 3.09. The van der Waals surface area contributed by atoms with Crippen molar-refractivity contribution in [3.8, 4) is 5.75 Å². The van der Waals surface area contributed by atoms with Gasteiger partial charge in [0.2, 0.25) is 5.91 Å². The molecule has 0 radical (unpaired) electrons. The second-order valence-electron chi connectivity index (χ2n) is 5.24. The molecule has 21 heavy (non-hydrogen) atoms. The molecule has 0 aromatic heterocycles. The van der Waals surface area contributed by atoms with Gasteiger partial charge in [-0.05, 0) is 30.9 Å². The lowest BCUT2D eigenvalue weighted by Gasteiger charge is -2.18. The SMILES string of the molecule is CCC(CC)NC(=O)COc1ccc2c(c1)NC(=O)CC2. The zero-order valence-corrected chi connectivity index (χ0v) is 12.6. The topological polar surface area (TPSA) is 67.4 Å². The van der Waals surface area contributed by atoms with Crippen molar-refractivity contribution in [2.75, 3.05) is 11.9 Å². The Balaban J connectivity index is 1.90. The van der Waals surface area contributed by atoms with E-state index in [0.717, 1.165) is 30.5 Å². The van der Waals surface area contributed by atoms with Gasteiger partial charge in [0, 0.05) is 24.2 Å². The van der Waals surface area contributed by atoms with Crippen LogP contribution in [0.4, 0.5) is 5.69 Å². The Morgan fingerprint density at radius 3 is 2.81 bits per heavy atom. The summed E-state index contributed by atoms with van der Waals surface area (Å²) in [6.45, 7) is 4.08. The lowest BCUT2D eigenvalue weighted by molar-refractivity contribution is -0.123. The molecule has 0 bridgehead atoms. The highest BCUT2D eigenvalue weighted by molar-refractivity contribution is 5.94. The summed E-state index contributed by atoms with van der Waals surface area (Å²) in [4.78, 5) is 23.2. The Morgan fingerprint density at radius 2 is 2.10 bits per heavy atom. The largest absolute Gasteiger partial charge is 0.484 e. The fraction of sp³-hybridized carbons (Fsp3) is 0.500. The van der Waals surface area contributed by atoms with E-state index in [-0.39, 0.29) is 24.5 Å². The van der Waals surface area contributed by atoms with Crippen molar-refractivity contribution >= 4 is 17.5 Å². The Labute approximate surface area is 125 Å². The van der Waals surface area contributed by atoms with Crippen LogP contribution < -0.4 is 15.4 Å². The van der Waals surface area contributed by atoms with E-state index in [1.165, 1.54) is 0 Å². The molecule has 2 N–H and O–H groups in total. The molecule has 0 fully saturated rings. The monoisotopic (exact) mass is 290 g/mol. The first-order chi connectivity index (χ1) is 10.1. The molecule has 1 heterocycles. The van der Waals surface area contributed by atoms with E-state index in [1.54, 1.807) is 6.07 Å². The summed E-state index contributed by atoms with van der Waals surface area (Å²) >= 11 is 0. The van der Waals surface area contributed by atoms with Gasteiger partial charge in [0.25, 0.3) is 5.91 Å². The molecule has 2 rings (SSSR count). The Bertz CT molecular complexity index is 524. The van der Waals surface area contributed by atoms with Gasteiger partial charge >= 0.3 is 0 Å². The van der Waals surface area contributed by atoms with Gasteiger partial charge in [0.1, 0.15) is 5.75 Å². The lowest BCUT2D eigenvalue weighted by Crippen LogP contribution is -2.37. The summed E-state index contributed by atoms with van der Waals surface area (Å²) in [7, 11) is 0. The minimum absolute atomic E-state index is 0.0107. The summed E-state index contributed by atoms with van der Waals surface area (Å²) in [5.74, 6) is 0.493. The van der Waals surface area contributed by atoms with Crippen molar-refractivity contribution in [3.05, 3.63) is 23.8 Å². The quantitative estimate of drug-likeness (QED) is 0.844. The first-order valence-electron chi connectivity index (χ1n) is 7.47. The van der Waals surface area contributed by atoms with E-state index in [2.05, 4.69) is 10.6 Å². The number of ether oxygens (including phenoxy) is 1. The zero-order chi connectivity index (χ0) is 15.2. The second kappa shape index (κ2) is 7.11.